The summed E-state index contributed by atoms with van der Waals surface area (Å²) in [6.07, 6.45) is 0. The van der Waals surface area contributed by atoms with Gasteiger partial charge in [0.1, 0.15) is 12.4 Å². The van der Waals surface area contributed by atoms with E-state index in [1.165, 1.54) is 11.8 Å². The van der Waals surface area contributed by atoms with Gasteiger partial charge in [0.2, 0.25) is 0 Å². The number of hydrogen-bond acceptors (Lipinski definition) is 4. The Morgan fingerprint density at radius 2 is 1.89 bits per heavy atom. The number of anilines is 1. The zero-order chi connectivity index (χ0) is 14.0. The van der Waals surface area contributed by atoms with Crippen LogP contribution in [0.5, 0.6) is 0 Å². The van der Waals surface area contributed by atoms with Crippen molar-refractivity contribution in [3.05, 3.63) is 41.0 Å². The number of carbonyl (C=O) groups excluding carboxylic acids is 1. The van der Waals surface area contributed by atoms with Crippen LogP contribution in [0.1, 0.15) is 6.92 Å². The number of hydrogen-bond donors (Lipinski definition) is 0. The molecule has 5 nitrogen and oxygen atoms in total. The van der Waals surface area contributed by atoms with Gasteiger partial charge in [-0.15, -0.1) is 0 Å². The molecule has 0 saturated carbocycles. The van der Waals surface area contributed by atoms with Crippen LogP contribution in [0.15, 0.2) is 41.0 Å². The summed E-state index contributed by atoms with van der Waals surface area (Å²) in [6.45, 7) is 1.60. The van der Waals surface area contributed by atoms with E-state index < -0.39 is 15.7 Å². The number of carbonyl (C=O) groups is 1. The van der Waals surface area contributed by atoms with Crippen molar-refractivity contribution in [1.29, 1.82) is 0 Å². The number of benzene rings is 1. The van der Waals surface area contributed by atoms with Gasteiger partial charge in [0.05, 0.1) is 5.75 Å². The van der Waals surface area contributed by atoms with Gasteiger partial charge in [0, 0.05) is 12.7 Å². The third-order valence-electron chi connectivity index (χ3n) is 2.94. The lowest BCUT2D eigenvalue weighted by molar-refractivity contribution is -0.114. The fourth-order valence-electron chi connectivity index (χ4n) is 1.90. The molecule has 19 heavy (non-hydrogen) atoms. The Bertz CT molecular complexity index is 619. The van der Waals surface area contributed by atoms with Crippen molar-refractivity contribution in [2.75, 3.05) is 24.3 Å². The van der Waals surface area contributed by atoms with Gasteiger partial charge in [-0.3, -0.25) is 4.79 Å². The van der Waals surface area contributed by atoms with Crippen LogP contribution in [0.4, 0.5) is 5.69 Å². The Labute approximate surface area is 112 Å². The number of nitrogens with zero attached hydrogens (tertiary/aromatic N) is 1. The highest BCUT2D eigenvalue weighted by atomic mass is 32.2. The molecular formula is C13H15NO4S. The first-order valence-electron chi connectivity index (χ1n) is 5.83. The molecule has 0 N–H and O–H groups in total. The van der Waals surface area contributed by atoms with Crippen molar-refractivity contribution in [3.8, 4) is 0 Å². The summed E-state index contributed by atoms with van der Waals surface area (Å²) < 4.78 is 29.2. The maximum absolute atomic E-state index is 12.3. The van der Waals surface area contributed by atoms with Crippen LogP contribution >= 0.6 is 0 Å². The highest BCUT2D eigenvalue weighted by Gasteiger charge is 2.34. The fraction of sp³-hybridized carbons (Fsp3) is 0.308. The Balaban J connectivity index is 2.39. The second kappa shape index (κ2) is 5.05. The van der Waals surface area contributed by atoms with Crippen LogP contribution in [0, 0.1) is 0 Å². The van der Waals surface area contributed by atoms with Crippen molar-refractivity contribution >= 4 is 21.4 Å². The Hall–Kier alpha value is -1.82. The average molecular weight is 281 g/mol. The van der Waals surface area contributed by atoms with Gasteiger partial charge >= 0.3 is 0 Å². The average Bonchev–Trinajstić information content (AvgIpc) is 2.37. The molecule has 0 aromatic heterocycles. The van der Waals surface area contributed by atoms with Crippen molar-refractivity contribution in [2.45, 2.75) is 6.92 Å². The van der Waals surface area contributed by atoms with Crippen molar-refractivity contribution in [2.24, 2.45) is 0 Å². The first kappa shape index (κ1) is 13.6. The third kappa shape index (κ3) is 2.63. The molecule has 1 aromatic rings. The molecule has 0 aliphatic carbocycles. The van der Waals surface area contributed by atoms with E-state index in [4.69, 9.17) is 4.74 Å². The molecule has 1 aliphatic rings. The predicted molar refractivity (Wildman–Crippen MR) is 72.3 cm³/mol. The quantitative estimate of drug-likeness (QED) is 0.820. The number of likely N-dealkylation sites (N-methyl/N-ethyl adjacent to an activating group) is 1. The topological polar surface area (TPSA) is 63.7 Å². The van der Waals surface area contributed by atoms with Gasteiger partial charge in [-0.05, 0) is 19.1 Å². The minimum Gasteiger partial charge on any atom is -0.496 e. The number of para-hydroxylation sites is 1. The summed E-state index contributed by atoms with van der Waals surface area (Å²) in [5.74, 6) is -0.559. The monoisotopic (exact) mass is 281 g/mol. The minimum atomic E-state index is -3.56. The Morgan fingerprint density at radius 1 is 1.26 bits per heavy atom. The van der Waals surface area contributed by atoms with E-state index in [-0.39, 0.29) is 23.0 Å². The summed E-state index contributed by atoms with van der Waals surface area (Å²) in [5, 5.41) is 0. The largest absolute Gasteiger partial charge is 0.496 e. The van der Waals surface area contributed by atoms with Gasteiger partial charge in [0.15, 0.2) is 14.7 Å². The molecule has 0 bridgehead atoms. The number of rotatable bonds is 2. The molecule has 1 aliphatic heterocycles. The molecule has 1 aromatic carbocycles. The summed E-state index contributed by atoms with van der Waals surface area (Å²) in [5.41, 5.74) is 0.633. The second-order valence-electron chi connectivity index (χ2n) is 4.25. The summed E-state index contributed by atoms with van der Waals surface area (Å²) in [6, 6.07) is 8.87. The molecule has 0 atom stereocenters. The van der Waals surface area contributed by atoms with Crippen LogP contribution in [0.2, 0.25) is 0 Å². The van der Waals surface area contributed by atoms with E-state index in [0.29, 0.717) is 5.69 Å². The molecule has 0 saturated heterocycles. The predicted octanol–water partition coefficient (Wildman–Crippen LogP) is 1.33. The van der Waals surface area contributed by atoms with Crippen LogP contribution in [-0.2, 0) is 19.4 Å². The van der Waals surface area contributed by atoms with Gasteiger partial charge in [-0.1, -0.05) is 18.2 Å². The third-order valence-corrected chi connectivity index (χ3v) is 4.73. The highest BCUT2D eigenvalue weighted by molar-refractivity contribution is 7.96. The number of amides is 1. The summed E-state index contributed by atoms with van der Waals surface area (Å²) in [7, 11) is -2.02. The summed E-state index contributed by atoms with van der Waals surface area (Å²) >= 11 is 0. The van der Waals surface area contributed by atoms with Crippen LogP contribution in [0.3, 0.4) is 0 Å². The number of ether oxygens (including phenoxy) is 1. The van der Waals surface area contributed by atoms with E-state index in [1.54, 1.807) is 31.3 Å². The van der Waals surface area contributed by atoms with Gasteiger partial charge in [-0.25, -0.2) is 8.42 Å². The lowest BCUT2D eigenvalue weighted by Crippen LogP contribution is -2.35. The van der Waals surface area contributed by atoms with Crippen molar-refractivity contribution in [3.63, 3.8) is 0 Å². The van der Waals surface area contributed by atoms with Crippen LogP contribution in [0.25, 0.3) is 0 Å². The molecule has 0 fully saturated rings. The fourth-order valence-corrected chi connectivity index (χ4v) is 3.30. The highest BCUT2D eigenvalue weighted by Crippen LogP contribution is 2.24. The molecule has 0 unspecified atom stereocenters. The molecule has 2 rings (SSSR count). The van der Waals surface area contributed by atoms with Crippen LogP contribution in [-0.4, -0.2) is 33.7 Å². The number of sulfone groups is 1. The van der Waals surface area contributed by atoms with E-state index in [0.717, 1.165) is 0 Å². The summed E-state index contributed by atoms with van der Waals surface area (Å²) in [4.78, 5) is 13.4. The zero-order valence-corrected chi connectivity index (χ0v) is 11.6. The van der Waals surface area contributed by atoms with Gasteiger partial charge in [0.25, 0.3) is 5.91 Å². The molecule has 6 heteroatoms. The van der Waals surface area contributed by atoms with E-state index in [1.807, 2.05) is 6.07 Å². The van der Waals surface area contributed by atoms with Crippen molar-refractivity contribution < 1.29 is 17.9 Å². The lowest BCUT2D eigenvalue weighted by atomic mass is 10.3. The standard InChI is InChI=1S/C13H15NO4S/c1-10-12(19(16,17)9-8-18-10)13(15)14(2)11-6-4-3-5-7-11/h3-7H,8-9H2,1-2H3. The molecule has 0 spiro atoms. The first-order chi connectivity index (χ1) is 8.93. The first-order valence-corrected chi connectivity index (χ1v) is 7.48. The molecular weight excluding hydrogens is 266 g/mol. The van der Waals surface area contributed by atoms with Gasteiger partial charge < -0.3 is 9.64 Å². The second-order valence-corrected chi connectivity index (χ2v) is 6.30. The normalized spacial score (nSPS) is 17.8. The molecule has 1 heterocycles. The zero-order valence-electron chi connectivity index (χ0n) is 10.8. The maximum atomic E-state index is 12.3. The smallest absolute Gasteiger partial charge is 0.273 e. The molecule has 0 radical (unpaired) electrons. The Morgan fingerprint density at radius 3 is 2.47 bits per heavy atom. The van der Waals surface area contributed by atoms with Crippen LogP contribution < -0.4 is 4.90 Å². The lowest BCUT2D eigenvalue weighted by Gasteiger charge is -2.23. The maximum Gasteiger partial charge on any atom is 0.273 e. The Kier molecular flexibility index (Phi) is 3.61. The minimum absolute atomic E-state index is 0.0972. The molecule has 1 amide bonds. The van der Waals surface area contributed by atoms with Crippen molar-refractivity contribution in [1.82, 2.24) is 0 Å². The van der Waals surface area contributed by atoms with Gasteiger partial charge in [-0.2, -0.15) is 0 Å². The molecule has 102 valence electrons. The van der Waals surface area contributed by atoms with E-state index >= 15 is 0 Å². The van der Waals surface area contributed by atoms with E-state index in [2.05, 4.69) is 0 Å². The number of allylic oxidation sites excluding steroid dienone is 1. The van der Waals surface area contributed by atoms with E-state index in [9.17, 15) is 13.2 Å². The SMILES string of the molecule is CC1=C(C(=O)N(C)c2ccccc2)S(=O)(=O)CCO1.